The van der Waals surface area contributed by atoms with Crippen LogP contribution in [0.3, 0.4) is 0 Å². The summed E-state index contributed by atoms with van der Waals surface area (Å²) in [6, 6.07) is 1.78. The maximum atomic E-state index is 13.5. The van der Waals surface area contributed by atoms with Gasteiger partial charge >= 0.3 is 0 Å². The van der Waals surface area contributed by atoms with E-state index in [-0.39, 0.29) is 16.9 Å². The van der Waals surface area contributed by atoms with Gasteiger partial charge in [-0.15, -0.1) is 11.3 Å². The fraction of sp³-hybridized carbons (Fsp3) is 0.375. The van der Waals surface area contributed by atoms with E-state index in [2.05, 4.69) is 42.2 Å². The van der Waals surface area contributed by atoms with Gasteiger partial charge in [0.25, 0.3) is 5.91 Å². The summed E-state index contributed by atoms with van der Waals surface area (Å²) in [6.07, 6.45) is 6.20. The summed E-state index contributed by atoms with van der Waals surface area (Å²) in [5.41, 5.74) is 1.88. The van der Waals surface area contributed by atoms with Gasteiger partial charge in [0.1, 0.15) is 16.0 Å². The summed E-state index contributed by atoms with van der Waals surface area (Å²) in [6.45, 7) is 15.1. The van der Waals surface area contributed by atoms with E-state index in [0.29, 0.717) is 22.4 Å². The first-order valence-corrected chi connectivity index (χ1v) is 11.6. The molecule has 0 aliphatic heterocycles. The fourth-order valence-electron chi connectivity index (χ4n) is 3.76. The van der Waals surface area contributed by atoms with Gasteiger partial charge in [0.2, 0.25) is 5.43 Å². The lowest BCUT2D eigenvalue weighted by atomic mass is 10.1. The molecule has 3 rings (SSSR count). The van der Waals surface area contributed by atoms with Gasteiger partial charge in [-0.2, -0.15) is 0 Å². The van der Waals surface area contributed by atoms with Gasteiger partial charge in [0, 0.05) is 27.2 Å². The second kappa shape index (κ2) is 10.1. The number of carbonyl (C=O) groups excluding carboxylic acids is 1. The first-order chi connectivity index (χ1) is 15.4. The summed E-state index contributed by atoms with van der Waals surface area (Å²) < 4.78 is 1.84. The molecule has 3 aromatic heterocycles. The molecule has 0 saturated carbocycles. The predicted molar refractivity (Wildman–Crippen MR) is 136 cm³/mol. The van der Waals surface area contributed by atoms with Crippen LogP contribution in [-0.2, 0) is 0 Å². The van der Waals surface area contributed by atoms with Crippen molar-refractivity contribution in [1.82, 2.24) is 19.6 Å². The van der Waals surface area contributed by atoms with Crippen LogP contribution >= 0.6 is 11.3 Å². The lowest BCUT2D eigenvalue weighted by Crippen LogP contribution is -2.37. The van der Waals surface area contributed by atoms with Crippen LogP contribution in [0.15, 0.2) is 30.2 Å². The fourth-order valence-corrected chi connectivity index (χ4v) is 4.90. The van der Waals surface area contributed by atoms with Gasteiger partial charge in [-0.1, -0.05) is 27.0 Å². The van der Waals surface area contributed by atoms with Crippen molar-refractivity contribution in [1.29, 1.82) is 0 Å². The van der Waals surface area contributed by atoms with Gasteiger partial charge < -0.3 is 15.1 Å². The van der Waals surface area contributed by atoms with Crippen LogP contribution in [0.5, 0.6) is 0 Å². The SMILES string of the molecule is C=Cc1sc2c(C(=O)NCCN(CC)CCC)c(=O)c3cc(N(C)C)cnc3n2c1C=C. The standard InChI is InChI=1S/C24H31N5O2S/c1-7-12-28(10-4)13-11-25-23(31)20-21(30)17-14-16(27(5)6)15-26-22(17)29-18(8-2)19(9-3)32-24(20)29/h8-9,14-15H,2-3,7,10-13H2,1,4-6H3,(H,25,31). The molecule has 0 fully saturated rings. The number of nitrogens with one attached hydrogen (secondary N) is 1. The molecule has 0 aromatic carbocycles. The molecular weight excluding hydrogens is 422 g/mol. The highest BCUT2D eigenvalue weighted by Crippen LogP contribution is 2.30. The van der Waals surface area contributed by atoms with Gasteiger partial charge in [-0.3, -0.25) is 14.0 Å². The Labute approximate surface area is 192 Å². The van der Waals surface area contributed by atoms with Crippen molar-refractivity contribution in [3.05, 3.63) is 51.8 Å². The van der Waals surface area contributed by atoms with E-state index in [1.165, 1.54) is 11.3 Å². The Hall–Kier alpha value is -2.97. The first kappa shape index (κ1) is 23.7. The van der Waals surface area contributed by atoms with Crippen LogP contribution in [-0.4, -0.2) is 60.5 Å². The molecule has 0 spiro atoms. The van der Waals surface area contributed by atoms with E-state index in [9.17, 15) is 9.59 Å². The molecule has 0 saturated heterocycles. The maximum absolute atomic E-state index is 13.5. The van der Waals surface area contributed by atoms with Gasteiger partial charge in [0.05, 0.1) is 27.8 Å². The maximum Gasteiger partial charge on any atom is 0.258 e. The highest BCUT2D eigenvalue weighted by molar-refractivity contribution is 7.18. The minimum Gasteiger partial charge on any atom is -0.376 e. The molecule has 170 valence electrons. The summed E-state index contributed by atoms with van der Waals surface area (Å²) >= 11 is 1.35. The van der Waals surface area contributed by atoms with Crippen LogP contribution in [0.4, 0.5) is 5.69 Å². The van der Waals surface area contributed by atoms with Gasteiger partial charge in [0.15, 0.2) is 0 Å². The smallest absolute Gasteiger partial charge is 0.258 e. The Kier molecular flexibility index (Phi) is 7.48. The van der Waals surface area contributed by atoms with E-state index in [1.54, 1.807) is 24.4 Å². The molecule has 0 atom stereocenters. The number of nitrogens with zero attached hydrogens (tertiary/aromatic N) is 4. The first-order valence-electron chi connectivity index (χ1n) is 10.8. The van der Waals surface area contributed by atoms with E-state index >= 15 is 0 Å². The topological polar surface area (TPSA) is 70.0 Å². The lowest BCUT2D eigenvalue weighted by molar-refractivity contribution is 0.0949. The monoisotopic (exact) mass is 453 g/mol. The highest BCUT2D eigenvalue weighted by Gasteiger charge is 2.23. The van der Waals surface area contributed by atoms with E-state index in [4.69, 9.17) is 0 Å². The zero-order valence-corrected chi connectivity index (χ0v) is 20.1. The molecule has 3 heterocycles. The Bertz CT molecular complexity index is 1220. The summed E-state index contributed by atoms with van der Waals surface area (Å²) in [4.78, 5) is 36.9. The summed E-state index contributed by atoms with van der Waals surface area (Å²) in [5, 5.41) is 3.35. The Balaban J connectivity index is 2.17. The van der Waals surface area contributed by atoms with Gasteiger partial charge in [-0.25, -0.2) is 4.98 Å². The summed E-state index contributed by atoms with van der Waals surface area (Å²) in [5.74, 6) is -0.371. The van der Waals surface area contributed by atoms with Crippen molar-refractivity contribution in [2.75, 3.05) is 45.2 Å². The number of carbonyl (C=O) groups is 1. The van der Waals surface area contributed by atoms with Crippen LogP contribution in [0.1, 0.15) is 41.2 Å². The van der Waals surface area contributed by atoms with E-state index in [1.807, 2.05) is 23.4 Å². The van der Waals surface area contributed by atoms with Crippen LogP contribution in [0, 0.1) is 0 Å². The molecule has 32 heavy (non-hydrogen) atoms. The third kappa shape index (κ3) is 4.33. The molecule has 1 amide bonds. The number of aromatic nitrogens is 2. The molecule has 3 aromatic rings. The second-order valence-electron chi connectivity index (χ2n) is 7.75. The quantitative estimate of drug-likeness (QED) is 0.507. The van der Waals surface area contributed by atoms with Crippen molar-refractivity contribution in [3.63, 3.8) is 0 Å². The van der Waals surface area contributed by atoms with E-state index < -0.39 is 0 Å². The van der Waals surface area contributed by atoms with Crippen molar-refractivity contribution in [2.45, 2.75) is 20.3 Å². The van der Waals surface area contributed by atoms with Crippen LogP contribution in [0.2, 0.25) is 0 Å². The minimum atomic E-state index is -0.371. The van der Waals surface area contributed by atoms with Crippen molar-refractivity contribution >= 4 is 50.9 Å². The molecule has 0 bridgehead atoms. The predicted octanol–water partition coefficient (Wildman–Crippen LogP) is 3.72. The van der Waals surface area contributed by atoms with Gasteiger partial charge in [-0.05, 0) is 37.7 Å². The Morgan fingerprint density at radius 1 is 1.25 bits per heavy atom. The number of hydrogen-bond donors (Lipinski definition) is 1. The number of amides is 1. The average molecular weight is 454 g/mol. The minimum absolute atomic E-state index is 0.134. The van der Waals surface area contributed by atoms with Crippen LogP contribution in [0.25, 0.3) is 28.0 Å². The number of anilines is 1. The lowest BCUT2D eigenvalue weighted by Gasteiger charge is -2.19. The Morgan fingerprint density at radius 2 is 2.00 bits per heavy atom. The number of fused-ring (bicyclic) bond motifs is 3. The third-order valence-electron chi connectivity index (χ3n) is 5.48. The summed E-state index contributed by atoms with van der Waals surface area (Å²) in [7, 11) is 3.77. The zero-order valence-electron chi connectivity index (χ0n) is 19.3. The van der Waals surface area contributed by atoms with Crippen molar-refractivity contribution in [2.24, 2.45) is 0 Å². The zero-order chi connectivity index (χ0) is 23.4. The number of rotatable bonds is 10. The van der Waals surface area contributed by atoms with Crippen molar-refractivity contribution in [3.8, 4) is 0 Å². The largest absolute Gasteiger partial charge is 0.376 e. The molecule has 0 aliphatic rings. The number of hydrogen-bond acceptors (Lipinski definition) is 6. The highest BCUT2D eigenvalue weighted by atomic mass is 32.1. The molecule has 0 aliphatic carbocycles. The second-order valence-corrected chi connectivity index (χ2v) is 8.78. The van der Waals surface area contributed by atoms with E-state index in [0.717, 1.165) is 42.3 Å². The Morgan fingerprint density at radius 3 is 2.59 bits per heavy atom. The molecule has 8 heteroatoms. The third-order valence-corrected chi connectivity index (χ3v) is 6.65. The normalized spacial score (nSPS) is 11.3. The number of likely N-dealkylation sites (N-methyl/N-ethyl adjacent to an activating group) is 1. The molecular formula is C24H31N5O2S. The van der Waals surface area contributed by atoms with Crippen molar-refractivity contribution < 1.29 is 4.79 Å². The number of pyridine rings is 2. The molecule has 0 radical (unpaired) electrons. The van der Waals surface area contributed by atoms with Crippen LogP contribution < -0.4 is 15.6 Å². The molecule has 0 unspecified atom stereocenters. The number of thiazole rings is 1. The molecule has 1 N–H and O–H groups in total. The molecule has 7 nitrogen and oxygen atoms in total. The average Bonchev–Trinajstić information content (AvgIpc) is 3.16.